The minimum Gasteiger partial charge on any atom is -0.478 e. The lowest BCUT2D eigenvalue weighted by Crippen LogP contribution is -2.45. The van der Waals surface area contributed by atoms with Crippen LogP contribution < -0.4 is 5.32 Å². The molecule has 0 spiro atoms. The van der Waals surface area contributed by atoms with E-state index in [1.807, 2.05) is 0 Å². The van der Waals surface area contributed by atoms with Gasteiger partial charge in [-0.15, -0.1) is 0 Å². The average molecular weight is 292 g/mol. The van der Waals surface area contributed by atoms with E-state index < -0.39 is 5.97 Å². The fourth-order valence-corrected chi connectivity index (χ4v) is 2.31. The number of hydrogen-bond donors (Lipinski definition) is 2. The summed E-state index contributed by atoms with van der Waals surface area (Å²) in [5, 5.41) is 11.7. The summed E-state index contributed by atoms with van der Waals surface area (Å²) >= 11 is 0. The lowest BCUT2D eigenvalue weighted by Gasteiger charge is -2.31. The minimum atomic E-state index is -0.954. The maximum Gasteiger partial charge on any atom is 0.335 e. The molecule has 2 rings (SSSR count). The number of ether oxygens (including phenoxy) is 1. The van der Waals surface area contributed by atoms with Crippen molar-refractivity contribution in [2.24, 2.45) is 0 Å². The monoisotopic (exact) mass is 292 g/mol. The summed E-state index contributed by atoms with van der Waals surface area (Å²) in [5.74, 6) is -0.954. The Bertz CT molecular complexity index is 495. The van der Waals surface area contributed by atoms with Gasteiger partial charge < -0.3 is 20.1 Å². The minimum absolute atomic E-state index is 0.121. The van der Waals surface area contributed by atoms with Crippen LogP contribution in [0.15, 0.2) is 24.3 Å². The number of nitrogens with zero attached hydrogens (tertiary/aromatic N) is 1. The number of nitrogens with one attached hydrogen (secondary N) is 1. The SMILES string of the molecule is CN(C(=O)NCc1ccc(C(=O)O)cc1)C1CCOCC1. The third kappa shape index (κ3) is 4.19. The molecule has 6 nitrogen and oxygen atoms in total. The van der Waals surface area contributed by atoms with Gasteiger partial charge in [0.25, 0.3) is 0 Å². The molecule has 0 bridgehead atoms. The van der Waals surface area contributed by atoms with Crippen LogP contribution in [0.5, 0.6) is 0 Å². The molecule has 0 saturated carbocycles. The fourth-order valence-electron chi connectivity index (χ4n) is 2.31. The first-order chi connectivity index (χ1) is 10.1. The van der Waals surface area contributed by atoms with Gasteiger partial charge in [-0.3, -0.25) is 0 Å². The van der Waals surface area contributed by atoms with Crippen LogP contribution in [0, 0.1) is 0 Å². The predicted octanol–water partition coefficient (Wildman–Crippen LogP) is 1.71. The summed E-state index contributed by atoms with van der Waals surface area (Å²) in [4.78, 5) is 24.5. The van der Waals surface area contributed by atoms with E-state index in [0.717, 1.165) is 18.4 Å². The molecule has 0 radical (unpaired) electrons. The summed E-state index contributed by atoms with van der Waals surface area (Å²) < 4.78 is 5.28. The quantitative estimate of drug-likeness (QED) is 0.885. The zero-order valence-electron chi connectivity index (χ0n) is 12.0. The molecule has 21 heavy (non-hydrogen) atoms. The van der Waals surface area contributed by atoms with Gasteiger partial charge in [0.2, 0.25) is 0 Å². The molecule has 114 valence electrons. The van der Waals surface area contributed by atoms with Crippen LogP contribution in [-0.2, 0) is 11.3 Å². The highest BCUT2D eigenvalue weighted by Gasteiger charge is 2.22. The molecule has 1 heterocycles. The largest absolute Gasteiger partial charge is 0.478 e. The van der Waals surface area contributed by atoms with Crippen LogP contribution in [0.1, 0.15) is 28.8 Å². The number of rotatable bonds is 4. The average Bonchev–Trinajstić information content (AvgIpc) is 2.53. The number of benzene rings is 1. The van der Waals surface area contributed by atoms with E-state index in [9.17, 15) is 9.59 Å². The van der Waals surface area contributed by atoms with Gasteiger partial charge in [-0.2, -0.15) is 0 Å². The molecular formula is C15H20N2O4. The van der Waals surface area contributed by atoms with Crippen molar-refractivity contribution in [1.29, 1.82) is 0 Å². The van der Waals surface area contributed by atoms with E-state index in [0.29, 0.717) is 19.8 Å². The first kappa shape index (κ1) is 15.3. The molecule has 2 N–H and O–H groups in total. The highest BCUT2D eigenvalue weighted by Crippen LogP contribution is 2.13. The van der Waals surface area contributed by atoms with E-state index in [2.05, 4.69) is 5.32 Å². The van der Waals surface area contributed by atoms with Gasteiger partial charge in [0.15, 0.2) is 0 Å². The van der Waals surface area contributed by atoms with Crippen LogP contribution in [-0.4, -0.2) is 48.3 Å². The van der Waals surface area contributed by atoms with Crippen molar-refractivity contribution < 1.29 is 19.4 Å². The Morgan fingerprint density at radius 3 is 2.48 bits per heavy atom. The summed E-state index contributed by atoms with van der Waals surface area (Å²) in [6.45, 7) is 1.77. The van der Waals surface area contributed by atoms with Crippen LogP contribution >= 0.6 is 0 Å². The molecule has 2 amide bonds. The van der Waals surface area contributed by atoms with Crippen LogP contribution in [0.4, 0.5) is 4.79 Å². The number of carboxylic acids is 1. The molecule has 6 heteroatoms. The lowest BCUT2D eigenvalue weighted by atomic mass is 10.1. The Balaban J connectivity index is 1.83. The second-order valence-electron chi connectivity index (χ2n) is 5.12. The van der Waals surface area contributed by atoms with Gasteiger partial charge in [-0.25, -0.2) is 9.59 Å². The molecule has 1 aromatic rings. The molecule has 1 aliphatic heterocycles. The number of aromatic carboxylic acids is 1. The zero-order valence-corrected chi connectivity index (χ0v) is 12.0. The van der Waals surface area contributed by atoms with E-state index in [-0.39, 0.29) is 17.6 Å². The molecule has 1 aliphatic rings. The molecule has 0 aliphatic carbocycles. The summed E-state index contributed by atoms with van der Waals surface area (Å²) in [7, 11) is 1.79. The summed E-state index contributed by atoms with van der Waals surface area (Å²) in [6, 6.07) is 6.58. The number of amides is 2. The summed E-state index contributed by atoms with van der Waals surface area (Å²) in [5.41, 5.74) is 1.11. The van der Waals surface area contributed by atoms with Crippen molar-refractivity contribution in [3.63, 3.8) is 0 Å². The van der Waals surface area contributed by atoms with Gasteiger partial charge in [0.1, 0.15) is 0 Å². The Morgan fingerprint density at radius 2 is 1.90 bits per heavy atom. The lowest BCUT2D eigenvalue weighted by molar-refractivity contribution is 0.0525. The smallest absolute Gasteiger partial charge is 0.335 e. The van der Waals surface area contributed by atoms with Crippen molar-refractivity contribution in [1.82, 2.24) is 10.2 Å². The maximum atomic E-state index is 12.1. The molecule has 0 aromatic heterocycles. The van der Waals surface area contributed by atoms with Crippen molar-refractivity contribution in [3.05, 3.63) is 35.4 Å². The molecule has 1 fully saturated rings. The normalized spacial score (nSPS) is 15.5. The predicted molar refractivity (Wildman–Crippen MR) is 77.2 cm³/mol. The van der Waals surface area contributed by atoms with Crippen LogP contribution in [0.25, 0.3) is 0 Å². The number of carbonyl (C=O) groups excluding carboxylic acids is 1. The molecule has 0 unspecified atom stereocenters. The highest BCUT2D eigenvalue weighted by atomic mass is 16.5. The zero-order chi connectivity index (χ0) is 15.2. The van der Waals surface area contributed by atoms with E-state index >= 15 is 0 Å². The second kappa shape index (κ2) is 7.08. The third-order valence-corrected chi connectivity index (χ3v) is 3.70. The first-order valence-corrected chi connectivity index (χ1v) is 6.98. The first-order valence-electron chi connectivity index (χ1n) is 6.98. The van der Waals surface area contributed by atoms with Gasteiger partial charge in [-0.1, -0.05) is 12.1 Å². The molecular weight excluding hydrogens is 272 g/mol. The van der Waals surface area contributed by atoms with E-state index in [1.165, 1.54) is 12.1 Å². The number of carboxylic acid groups (broad SMARTS) is 1. The number of hydrogen-bond acceptors (Lipinski definition) is 3. The summed E-state index contributed by atoms with van der Waals surface area (Å²) in [6.07, 6.45) is 1.72. The highest BCUT2D eigenvalue weighted by molar-refractivity contribution is 5.87. The molecule has 0 atom stereocenters. The second-order valence-corrected chi connectivity index (χ2v) is 5.12. The maximum absolute atomic E-state index is 12.1. The van der Waals surface area contributed by atoms with Crippen molar-refractivity contribution in [2.45, 2.75) is 25.4 Å². The van der Waals surface area contributed by atoms with Gasteiger partial charge in [0, 0.05) is 32.8 Å². The number of urea groups is 1. The van der Waals surface area contributed by atoms with Crippen molar-refractivity contribution in [3.8, 4) is 0 Å². The van der Waals surface area contributed by atoms with E-state index in [1.54, 1.807) is 24.1 Å². The van der Waals surface area contributed by atoms with Crippen molar-refractivity contribution in [2.75, 3.05) is 20.3 Å². The van der Waals surface area contributed by atoms with Gasteiger partial charge in [0.05, 0.1) is 5.56 Å². The topological polar surface area (TPSA) is 78.9 Å². The Morgan fingerprint density at radius 1 is 1.29 bits per heavy atom. The third-order valence-electron chi connectivity index (χ3n) is 3.70. The Labute approximate surface area is 123 Å². The van der Waals surface area contributed by atoms with E-state index in [4.69, 9.17) is 9.84 Å². The molecule has 1 saturated heterocycles. The van der Waals surface area contributed by atoms with Crippen LogP contribution in [0.2, 0.25) is 0 Å². The molecule has 1 aromatic carbocycles. The number of carbonyl (C=O) groups is 2. The van der Waals surface area contributed by atoms with Crippen molar-refractivity contribution >= 4 is 12.0 Å². The van der Waals surface area contributed by atoms with Crippen LogP contribution in [0.3, 0.4) is 0 Å². The fraction of sp³-hybridized carbons (Fsp3) is 0.467. The Hall–Kier alpha value is -2.08. The standard InChI is InChI=1S/C15H20N2O4/c1-17(13-6-8-21-9-7-13)15(20)16-10-11-2-4-12(5-3-11)14(18)19/h2-5,13H,6-10H2,1H3,(H,16,20)(H,18,19). The van der Waals surface area contributed by atoms with Gasteiger partial charge >= 0.3 is 12.0 Å². The Kier molecular flexibility index (Phi) is 5.16. The van der Waals surface area contributed by atoms with Gasteiger partial charge in [-0.05, 0) is 30.5 Å².